The molecule has 2 unspecified atom stereocenters. The van der Waals surface area contributed by atoms with Crippen LogP contribution in [0.2, 0.25) is 0 Å². The second-order valence-electron chi connectivity index (χ2n) is 6.09. The number of aryl methyl sites for hydroxylation is 1. The van der Waals surface area contributed by atoms with Crippen LogP contribution >= 0.6 is 0 Å². The van der Waals surface area contributed by atoms with Gasteiger partial charge in [-0.05, 0) is 50.4 Å². The minimum atomic E-state index is 0.514. The monoisotopic (exact) mass is 258 g/mol. The number of nitrogens with one attached hydrogen (secondary N) is 1. The van der Waals surface area contributed by atoms with E-state index in [1.165, 1.54) is 37.7 Å². The predicted octanol–water partition coefficient (Wildman–Crippen LogP) is 3.14. The molecule has 104 valence electrons. The van der Waals surface area contributed by atoms with Gasteiger partial charge in [-0.3, -0.25) is 4.90 Å². The van der Waals surface area contributed by atoms with Crippen molar-refractivity contribution in [2.75, 3.05) is 13.6 Å². The minimum absolute atomic E-state index is 0.514. The van der Waals surface area contributed by atoms with Gasteiger partial charge in [0.05, 0.1) is 0 Å². The fraction of sp³-hybridized carbons (Fsp3) is 0.647. The van der Waals surface area contributed by atoms with Gasteiger partial charge >= 0.3 is 0 Å². The normalized spacial score (nSPS) is 27.1. The molecule has 2 aliphatic carbocycles. The first kappa shape index (κ1) is 13.1. The fourth-order valence-electron chi connectivity index (χ4n) is 3.71. The summed E-state index contributed by atoms with van der Waals surface area (Å²) in [6, 6.07) is 11.0. The van der Waals surface area contributed by atoms with Gasteiger partial charge in [0.1, 0.15) is 0 Å². The Bertz CT molecular complexity index is 425. The SMILES string of the molecule is CCNC1c2ccccc2CCC1N(C)C1CCC1. The van der Waals surface area contributed by atoms with E-state index in [9.17, 15) is 0 Å². The highest BCUT2D eigenvalue weighted by atomic mass is 15.2. The van der Waals surface area contributed by atoms with Gasteiger partial charge in [-0.25, -0.2) is 0 Å². The number of benzene rings is 1. The molecule has 0 spiro atoms. The molecular weight excluding hydrogens is 232 g/mol. The molecule has 19 heavy (non-hydrogen) atoms. The summed E-state index contributed by atoms with van der Waals surface area (Å²) in [6.07, 6.45) is 6.74. The average Bonchev–Trinajstić information content (AvgIpc) is 2.37. The third-order valence-corrected chi connectivity index (χ3v) is 5.08. The van der Waals surface area contributed by atoms with E-state index < -0.39 is 0 Å². The quantitative estimate of drug-likeness (QED) is 0.892. The van der Waals surface area contributed by atoms with Crippen molar-refractivity contribution in [3.8, 4) is 0 Å². The zero-order chi connectivity index (χ0) is 13.2. The minimum Gasteiger partial charge on any atom is -0.309 e. The fourth-order valence-corrected chi connectivity index (χ4v) is 3.71. The van der Waals surface area contributed by atoms with E-state index in [1.54, 1.807) is 5.56 Å². The Morgan fingerprint density at radius 3 is 2.68 bits per heavy atom. The summed E-state index contributed by atoms with van der Waals surface area (Å²) < 4.78 is 0. The molecule has 1 aromatic rings. The Hall–Kier alpha value is -0.860. The summed E-state index contributed by atoms with van der Waals surface area (Å²) in [5, 5.41) is 3.73. The first-order valence-electron chi connectivity index (χ1n) is 7.84. The Morgan fingerprint density at radius 2 is 2.00 bits per heavy atom. The standard InChI is InChI=1S/C17H26N2/c1-3-18-17-15-10-5-4-7-13(15)11-12-16(17)19(2)14-8-6-9-14/h4-5,7,10,14,16-18H,3,6,8-9,11-12H2,1-2H3. The molecule has 0 bridgehead atoms. The Kier molecular flexibility index (Phi) is 3.90. The van der Waals surface area contributed by atoms with Crippen LogP contribution in [0.25, 0.3) is 0 Å². The van der Waals surface area contributed by atoms with Crippen LogP contribution in [0.3, 0.4) is 0 Å². The number of hydrogen-bond acceptors (Lipinski definition) is 2. The molecule has 1 fully saturated rings. The zero-order valence-electron chi connectivity index (χ0n) is 12.2. The molecule has 0 saturated heterocycles. The second kappa shape index (κ2) is 5.64. The van der Waals surface area contributed by atoms with Crippen LogP contribution in [0.5, 0.6) is 0 Å². The summed E-state index contributed by atoms with van der Waals surface area (Å²) in [7, 11) is 2.34. The topological polar surface area (TPSA) is 15.3 Å². The van der Waals surface area contributed by atoms with Gasteiger partial charge in [0, 0.05) is 18.1 Å². The molecule has 0 heterocycles. The molecule has 0 radical (unpaired) electrons. The number of nitrogens with zero attached hydrogens (tertiary/aromatic N) is 1. The van der Waals surface area contributed by atoms with Gasteiger partial charge in [-0.2, -0.15) is 0 Å². The Labute approximate surface area is 117 Å². The first-order chi connectivity index (χ1) is 9.31. The molecule has 1 aromatic carbocycles. The van der Waals surface area contributed by atoms with Crippen LogP contribution in [0, 0.1) is 0 Å². The zero-order valence-corrected chi connectivity index (χ0v) is 12.2. The molecule has 3 rings (SSSR count). The van der Waals surface area contributed by atoms with Crippen LogP contribution in [0.1, 0.15) is 49.8 Å². The highest BCUT2D eigenvalue weighted by Crippen LogP contribution is 2.36. The summed E-state index contributed by atoms with van der Waals surface area (Å²) in [4.78, 5) is 2.66. The van der Waals surface area contributed by atoms with E-state index in [-0.39, 0.29) is 0 Å². The van der Waals surface area contributed by atoms with E-state index in [2.05, 4.69) is 48.5 Å². The molecule has 0 aliphatic heterocycles. The van der Waals surface area contributed by atoms with Gasteiger partial charge in [0.2, 0.25) is 0 Å². The lowest BCUT2D eigenvalue weighted by molar-refractivity contribution is 0.0776. The van der Waals surface area contributed by atoms with Crippen LogP contribution in [0.4, 0.5) is 0 Å². The second-order valence-corrected chi connectivity index (χ2v) is 6.09. The maximum atomic E-state index is 3.73. The van der Waals surface area contributed by atoms with Crippen molar-refractivity contribution < 1.29 is 0 Å². The van der Waals surface area contributed by atoms with E-state index in [1.807, 2.05) is 0 Å². The molecule has 0 amide bonds. The number of hydrogen-bond donors (Lipinski definition) is 1. The van der Waals surface area contributed by atoms with Crippen molar-refractivity contribution in [2.45, 2.75) is 57.2 Å². The van der Waals surface area contributed by atoms with Crippen LogP contribution < -0.4 is 5.32 Å². The molecule has 1 saturated carbocycles. The molecule has 2 heteroatoms. The Balaban J connectivity index is 1.84. The summed E-state index contributed by atoms with van der Waals surface area (Å²) in [5.41, 5.74) is 3.08. The molecule has 2 aliphatic rings. The summed E-state index contributed by atoms with van der Waals surface area (Å²) in [6.45, 7) is 3.27. The number of rotatable bonds is 4. The smallest absolute Gasteiger partial charge is 0.0480 e. The van der Waals surface area contributed by atoms with Crippen molar-refractivity contribution in [2.24, 2.45) is 0 Å². The van der Waals surface area contributed by atoms with Gasteiger partial charge < -0.3 is 5.32 Å². The third kappa shape index (κ3) is 2.44. The highest BCUT2D eigenvalue weighted by molar-refractivity contribution is 5.34. The Morgan fingerprint density at radius 1 is 1.21 bits per heavy atom. The van der Waals surface area contributed by atoms with Gasteiger partial charge in [0.15, 0.2) is 0 Å². The van der Waals surface area contributed by atoms with Crippen LogP contribution in [0.15, 0.2) is 24.3 Å². The highest BCUT2D eigenvalue weighted by Gasteiger charge is 2.35. The van der Waals surface area contributed by atoms with Crippen molar-refractivity contribution in [3.63, 3.8) is 0 Å². The maximum absolute atomic E-state index is 3.73. The number of fused-ring (bicyclic) bond motifs is 1. The summed E-state index contributed by atoms with van der Waals surface area (Å²) >= 11 is 0. The van der Waals surface area contributed by atoms with E-state index in [0.29, 0.717) is 12.1 Å². The summed E-state index contributed by atoms with van der Waals surface area (Å²) in [5.74, 6) is 0. The van der Waals surface area contributed by atoms with Crippen molar-refractivity contribution in [1.82, 2.24) is 10.2 Å². The molecule has 1 N–H and O–H groups in total. The molecule has 2 nitrogen and oxygen atoms in total. The van der Waals surface area contributed by atoms with Gasteiger partial charge in [-0.15, -0.1) is 0 Å². The third-order valence-electron chi connectivity index (χ3n) is 5.08. The lowest BCUT2D eigenvalue weighted by atomic mass is 9.81. The van der Waals surface area contributed by atoms with Gasteiger partial charge in [0.25, 0.3) is 0 Å². The molecule has 2 atom stereocenters. The van der Waals surface area contributed by atoms with Crippen molar-refractivity contribution in [1.29, 1.82) is 0 Å². The van der Waals surface area contributed by atoms with Crippen LogP contribution in [-0.2, 0) is 6.42 Å². The van der Waals surface area contributed by atoms with Crippen molar-refractivity contribution in [3.05, 3.63) is 35.4 Å². The van der Waals surface area contributed by atoms with E-state index >= 15 is 0 Å². The number of likely N-dealkylation sites (N-methyl/N-ethyl adjacent to an activating group) is 2. The maximum Gasteiger partial charge on any atom is 0.0480 e. The van der Waals surface area contributed by atoms with E-state index in [0.717, 1.165) is 12.6 Å². The average molecular weight is 258 g/mol. The van der Waals surface area contributed by atoms with E-state index in [4.69, 9.17) is 0 Å². The predicted molar refractivity (Wildman–Crippen MR) is 80.4 cm³/mol. The lowest BCUT2D eigenvalue weighted by Crippen LogP contribution is -2.51. The largest absolute Gasteiger partial charge is 0.309 e. The van der Waals surface area contributed by atoms with Crippen molar-refractivity contribution >= 4 is 0 Å². The molecular formula is C17H26N2. The van der Waals surface area contributed by atoms with Gasteiger partial charge in [-0.1, -0.05) is 37.6 Å². The molecule has 0 aromatic heterocycles. The van der Waals surface area contributed by atoms with Crippen LogP contribution in [-0.4, -0.2) is 30.6 Å². The lowest BCUT2D eigenvalue weighted by Gasteiger charge is -2.45. The first-order valence-corrected chi connectivity index (χ1v) is 7.84.